The first-order chi connectivity index (χ1) is 17.1. The summed E-state index contributed by atoms with van der Waals surface area (Å²) in [7, 11) is -2.92. The van der Waals surface area contributed by atoms with Crippen molar-refractivity contribution in [2.45, 2.75) is 37.8 Å². The second-order valence-corrected chi connectivity index (χ2v) is 9.52. The Balaban J connectivity index is 1.91. The molecule has 0 spiro atoms. The molecule has 3 aromatic rings. The normalized spacial score (nSPS) is 12.0. The van der Waals surface area contributed by atoms with Crippen LogP contribution in [-0.2, 0) is 16.7 Å². The van der Waals surface area contributed by atoms with Gasteiger partial charge in [-0.05, 0) is 67.4 Å². The number of halogens is 1. The Kier molecular flexibility index (Phi) is 8.25. The minimum Gasteiger partial charge on any atom is -0.493 e. The van der Waals surface area contributed by atoms with Crippen LogP contribution in [0.2, 0.25) is 0 Å². The van der Waals surface area contributed by atoms with Crippen molar-refractivity contribution >= 4 is 21.7 Å². The number of benzene rings is 3. The van der Waals surface area contributed by atoms with E-state index in [0.29, 0.717) is 12.0 Å². The minimum atomic E-state index is -4.28. The Labute approximate surface area is 208 Å². The Morgan fingerprint density at radius 2 is 1.69 bits per heavy atom. The average Bonchev–Trinajstić information content (AvgIpc) is 2.86. The number of rotatable bonds is 10. The van der Waals surface area contributed by atoms with Crippen molar-refractivity contribution in [2.75, 3.05) is 7.11 Å². The molecule has 11 heteroatoms. The van der Waals surface area contributed by atoms with Crippen molar-refractivity contribution < 1.29 is 31.4 Å². The molecule has 3 aromatic carbocycles. The maximum atomic E-state index is 13.3. The number of nitrogens with zero attached hydrogens (tertiary/aromatic N) is 2. The van der Waals surface area contributed by atoms with Gasteiger partial charge in [-0.1, -0.05) is 13.0 Å². The highest BCUT2D eigenvalue weighted by molar-refractivity contribution is 7.87. The van der Waals surface area contributed by atoms with Gasteiger partial charge < -0.3 is 13.8 Å². The SMILES string of the molecule is CCC(C)N(Cc1ccc(OC)c(OS(=O)(=O)c2ccc(F)cc2)c1)C(=O)c1ccc([N+](=O)[O-])cc1. The molecular weight excluding hydrogens is 491 g/mol. The van der Waals surface area contributed by atoms with Crippen LogP contribution >= 0.6 is 0 Å². The summed E-state index contributed by atoms with van der Waals surface area (Å²) in [4.78, 5) is 25.0. The van der Waals surface area contributed by atoms with Crippen LogP contribution in [0.25, 0.3) is 0 Å². The molecule has 1 amide bonds. The van der Waals surface area contributed by atoms with Crippen LogP contribution in [0.1, 0.15) is 36.2 Å². The minimum absolute atomic E-state index is 0.0915. The molecule has 9 nitrogen and oxygen atoms in total. The highest BCUT2D eigenvalue weighted by Crippen LogP contribution is 2.32. The van der Waals surface area contributed by atoms with Crippen molar-refractivity contribution in [3.8, 4) is 11.5 Å². The number of amides is 1. The summed E-state index contributed by atoms with van der Waals surface area (Å²) in [5.74, 6) is -0.861. The van der Waals surface area contributed by atoms with E-state index in [-0.39, 0.29) is 46.1 Å². The molecule has 0 radical (unpaired) electrons. The summed E-state index contributed by atoms with van der Waals surface area (Å²) in [5, 5.41) is 10.9. The number of nitro benzene ring substituents is 1. The lowest BCUT2D eigenvalue weighted by Gasteiger charge is -2.29. The summed E-state index contributed by atoms with van der Waals surface area (Å²) in [5.41, 5.74) is 0.724. The van der Waals surface area contributed by atoms with E-state index in [1.807, 2.05) is 13.8 Å². The van der Waals surface area contributed by atoms with Crippen molar-refractivity contribution in [1.29, 1.82) is 0 Å². The first-order valence-electron chi connectivity index (χ1n) is 11.0. The quantitative estimate of drug-likeness (QED) is 0.213. The third kappa shape index (κ3) is 6.16. The molecule has 190 valence electrons. The van der Waals surface area contributed by atoms with Gasteiger partial charge in [0, 0.05) is 30.3 Å². The van der Waals surface area contributed by atoms with Crippen LogP contribution in [0.3, 0.4) is 0 Å². The second-order valence-electron chi connectivity index (χ2n) is 7.97. The van der Waals surface area contributed by atoms with Gasteiger partial charge in [-0.3, -0.25) is 14.9 Å². The molecule has 0 aromatic heterocycles. The van der Waals surface area contributed by atoms with Crippen molar-refractivity contribution in [3.63, 3.8) is 0 Å². The van der Waals surface area contributed by atoms with Crippen LogP contribution in [0.5, 0.6) is 11.5 Å². The summed E-state index contributed by atoms with van der Waals surface area (Å²) in [6.45, 7) is 3.89. The summed E-state index contributed by atoms with van der Waals surface area (Å²) < 4.78 is 49.2. The molecule has 36 heavy (non-hydrogen) atoms. The molecule has 0 heterocycles. The summed E-state index contributed by atoms with van der Waals surface area (Å²) in [6, 6.07) is 14.0. The van der Waals surface area contributed by atoms with E-state index in [2.05, 4.69) is 0 Å². The van der Waals surface area contributed by atoms with Crippen molar-refractivity contribution in [2.24, 2.45) is 0 Å². The van der Waals surface area contributed by atoms with Crippen LogP contribution < -0.4 is 8.92 Å². The lowest BCUT2D eigenvalue weighted by molar-refractivity contribution is -0.384. The van der Waals surface area contributed by atoms with Gasteiger partial charge in [0.25, 0.3) is 11.6 Å². The molecule has 0 aliphatic rings. The highest BCUT2D eigenvalue weighted by atomic mass is 32.2. The van der Waals surface area contributed by atoms with Crippen LogP contribution in [-0.4, -0.2) is 37.3 Å². The molecule has 0 saturated carbocycles. The number of carbonyl (C=O) groups is 1. The number of ether oxygens (including phenoxy) is 1. The standard InChI is InChI=1S/C25H25FN2O7S/c1-4-17(2)27(25(29)19-6-10-21(11-7-19)28(30)31)16-18-5-14-23(34-3)24(15-18)35-36(32,33)22-12-8-20(26)9-13-22/h5-15,17H,4,16H2,1-3H3. The van der Waals surface area contributed by atoms with E-state index in [1.165, 1.54) is 43.5 Å². The topological polar surface area (TPSA) is 116 Å². The Morgan fingerprint density at radius 1 is 1.06 bits per heavy atom. The zero-order valence-corrected chi connectivity index (χ0v) is 20.7. The number of hydrogen-bond donors (Lipinski definition) is 0. The van der Waals surface area contributed by atoms with Crippen molar-refractivity contribution in [3.05, 3.63) is 93.8 Å². The zero-order chi connectivity index (χ0) is 26.5. The van der Waals surface area contributed by atoms with E-state index in [4.69, 9.17) is 8.92 Å². The van der Waals surface area contributed by atoms with E-state index in [9.17, 15) is 27.7 Å². The lowest BCUT2D eigenvalue weighted by atomic mass is 10.1. The third-order valence-electron chi connectivity index (χ3n) is 5.59. The molecule has 0 aliphatic heterocycles. The third-order valence-corrected chi connectivity index (χ3v) is 6.84. The van der Waals surface area contributed by atoms with Gasteiger partial charge >= 0.3 is 10.1 Å². The monoisotopic (exact) mass is 516 g/mol. The average molecular weight is 517 g/mol. The molecule has 1 atom stereocenters. The first kappa shape index (κ1) is 26.6. The van der Waals surface area contributed by atoms with Gasteiger partial charge in [0.15, 0.2) is 11.5 Å². The number of nitro groups is 1. The number of non-ortho nitro benzene ring substituents is 1. The van der Waals surface area contributed by atoms with Crippen molar-refractivity contribution in [1.82, 2.24) is 4.90 Å². The predicted octanol–water partition coefficient (Wildman–Crippen LogP) is 4.95. The van der Waals surface area contributed by atoms with Crippen LogP contribution in [0.4, 0.5) is 10.1 Å². The molecule has 1 unspecified atom stereocenters. The maximum Gasteiger partial charge on any atom is 0.339 e. The number of hydrogen-bond acceptors (Lipinski definition) is 7. The molecule has 3 rings (SSSR count). The number of methoxy groups -OCH3 is 1. The molecular formula is C25H25FN2O7S. The fourth-order valence-corrected chi connectivity index (χ4v) is 4.32. The van der Waals surface area contributed by atoms with Gasteiger partial charge in [-0.2, -0.15) is 8.42 Å². The Bertz CT molecular complexity index is 1340. The first-order valence-corrected chi connectivity index (χ1v) is 12.4. The van der Waals surface area contributed by atoms with Crippen LogP contribution in [0.15, 0.2) is 71.6 Å². The Morgan fingerprint density at radius 3 is 2.25 bits per heavy atom. The number of carbonyl (C=O) groups excluding carboxylic acids is 1. The smallest absolute Gasteiger partial charge is 0.339 e. The van der Waals surface area contributed by atoms with E-state index in [0.717, 1.165) is 24.3 Å². The summed E-state index contributed by atoms with van der Waals surface area (Å²) >= 11 is 0. The lowest BCUT2D eigenvalue weighted by Crippen LogP contribution is -2.37. The maximum absolute atomic E-state index is 13.3. The summed E-state index contributed by atoms with van der Waals surface area (Å²) in [6.07, 6.45) is 0.636. The van der Waals surface area contributed by atoms with Gasteiger partial charge in [0.05, 0.1) is 12.0 Å². The molecule has 0 fully saturated rings. The van der Waals surface area contributed by atoms with E-state index in [1.54, 1.807) is 11.0 Å². The largest absolute Gasteiger partial charge is 0.493 e. The zero-order valence-electron chi connectivity index (χ0n) is 19.9. The van der Waals surface area contributed by atoms with E-state index >= 15 is 0 Å². The van der Waals surface area contributed by atoms with Gasteiger partial charge in [0.1, 0.15) is 10.7 Å². The Hall–Kier alpha value is -3.99. The van der Waals surface area contributed by atoms with E-state index < -0.39 is 20.9 Å². The predicted molar refractivity (Wildman–Crippen MR) is 130 cm³/mol. The molecule has 0 N–H and O–H groups in total. The molecule has 0 bridgehead atoms. The fourth-order valence-electron chi connectivity index (χ4n) is 3.39. The van der Waals surface area contributed by atoms with Crippen LogP contribution in [0, 0.1) is 15.9 Å². The highest BCUT2D eigenvalue weighted by Gasteiger charge is 2.24. The van der Waals surface area contributed by atoms with Gasteiger partial charge in [-0.15, -0.1) is 0 Å². The second kappa shape index (κ2) is 11.2. The fraction of sp³-hybridized carbons (Fsp3) is 0.240. The van der Waals surface area contributed by atoms with Gasteiger partial charge in [-0.25, -0.2) is 4.39 Å². The van der Waals surface area contributed by atoms with Gasteiger partial charge in [0.2, 0.25) is 0 Å². The molecule has 0 saturated heterocycles. The molecule has 0 aliphatic carbocycles.